The van der Waals surface area contributed by atoms with Crippen LogP contribution in [-0.4, -0.2) is 72.5 Å². The molecule has 0 spiro atoms. The Morgan fingerprint density at radius 3 is 2.44 bits per heavy atom. The summed E-state index contributed by atoms with van der Waals surface area (Å²) in [5, 5.41) is 23.2. The summed E-state index contributed by atoms with van der Waals surface area (Å²) in [4.78, 5) is 39.4. The Balaban J connectivity index is 1.81. The van der Waals surface area contributed by atoms with Crippen molar-refractivity contribution < 1.29 is 29.0 Å². The van der Waals surface area contributed by atoms with E-state index in [1.54, 1.807) is 20.8 Å². The van der Waals surface area contributed by atoms with Gasteiger partial charge in [-0.2, -0.15) is 0 Å². The van der Waals surface area contributed by atoms with Crippen LogP contribution in [0.5, 0.6) is 5.75 Å². The average molecular weight is 597 g/mol. The smallest absolute Gasteiger partial charge is 0.407 e. The van der Waals surface area contributed by atoms with Gasteiger partial charge in [0, 0.05) is 13.1 Å². The van der Waals surface area contributed by atoms with E-state index in [-0.39, 0.29) is 24.3 Å². The van der Waals surface area contributed by atoms with Crippen molar-refractivity contribution in [2.24, 2.45) is 5.92 Å². The molecular weight excluding hydrogens is 548 g/mol. The van der Waals surface area contributed by atoms with E-state index < -0.39 is 35.9 Å². The van der Waals surface area contributed by atoms with Crippen LogP contribution in [0.3, 0.4) is 0 Å². The third-order valence-electron chi connectivity index (χ3n) is 7.40. The Bertz CT molecular complexity index is 1170. The number of amides is 3. The first-order chi connectivity index (χ1) is 20.4. The average Bonchev–Trinajstić information content (AvgIpc) is 2.97. The molecule has 2 bridgehead atoms. The summed E-state index contributed by atoms with van der Waals surface area (Å²) in [7, 11) is 0. The zero-order valence-corrected chi connectivity index (χ0v) is 26.0. The van der Waals surface area contributed by atoms with E-state index in [9.17, 15) is 19.5 Å². The molecule has 5 N–H and O–H groups in total. The number of benzene rings is 2. The molecule has 10 nitrogen and oxygen atoms in total. The Morgan fingerprint density at radius 1 is 1.09 bits per heavy atom. The number of nitrogens with one attached hydrogen (secondary N) is 4. The molecule has 236 valence electrons. The molecule has 43 heavy (non-hydrogen) atoms. The zero-order valence-electron chi connectivity index (χ0n) is 26.0. The fourth-order valence-electron chi connectivity index (χ4n) is 4.77. The highest BCUT2D eigenvalue weighted by Crippen LogP contribution is 2.16. The number of aliphatic hydroxyl groups is 1. The maximum atomic E-state index is 13.7. The minimum atomic E-state index is -1.05. The van der Waals surface area contributed by atoms with Crippen molar-refractivity contribution in [1.29, 1.82) is 0 Å². The lowest BCUT2D eigenvalue weighted by molar-refractivity contribution is -0.131. The van der Waals surface area contributed by atoms with Gasteiger partial charge in [0.1, 0.15) is 17.4 Å². The van der Waals surface area contributed by atoms with Gasteiger partial charge in [0.25, 0.3) is 0 Å². The van der Waals surface area contributed by atoms with Gasteiger partial charge in [-0.05, 0) is 69.2 Å². The van der Waals surface area contributed by atoms with E-state index in [2.05, 4.69) is 21.3 Å². The van der Waals surface area contributed by atoms with Crippen molar-refractivity contribution in [3.8, 4) is 5.75 Å². The zero-order chi connectivity index (χ0) is 31.4. The molecule has 2 heterocycles. The van der Waals surface area contributed by atoms with Crippen molar-refractivity contribution in [2.45, 2.75) is 90.1 Å². The van der Waals surface area contributed by atoms with Crippen molar-refractivity contribution in [2.75, 3.05) is 19.7 Å². The number of aliphatic hydroxyl groups excluding tert-OH is 1. The third-order valence-corrected chi connectivity index (χ3v) is 7.40. The van der Waals surface area contributed by atoms with E-state index in [1.807, 2.05) is 68.4 Å². The fourth-order valence-corrected chi connectivity index (χ4v) is 4.77. The SMILES string of the molecule is CC[C@H](C)[C@@H]1NC(=O)[C@@H](NCC(O)[C@H](Cc2ccccc2)NC(=O)OC(C)(C)C)Cc2ccc(cc2)OCCCNC1=O. The van der Waals surface area contributed by atoms with E-state index in [0.29, 0.717) is 44.6 Å². The topological polar surface area (TPSA) is 138 Å². The Morgan fingerprint density at radius 2 is 1.79 bits per heavy atom. The van der Waals surface area contributed by atoms with E-state index >= 15 is 0 Å². The van der Waals surface area contributed by atoms with Crippen LogP contribution in [0.4, 0.5) is 4.79 Å². The summed E-state index contributed by atoms with van der Waals surface area (Å²) >= 11 is 0. The van der Waals surface area contributed by atoms with Gasteiger partial charge in [-0.1, -0.05) is 62.7 Å². The summed E-state index contributed by atoms with van der Waals surface area (Å²) in [5.74, 6) is 0.0426. The number of hydrogen-bond donors (Lipinski definition) is 5. The minimum Gasteiger partial charge on any atom is -0.494 e. The van der Waals surface area contributed by atoms with Crippen molar-refractivity contribution in [1.82, 2.24) is 21.3 Å². The van der Waals surface area contributed by atoms with Gasteiger partial charge in [0.15, 0.2) is 0 Å². The lowest BCUT2D eigenvalue weighted by Crippen LogP contribution is -2.57. The van der Waals surface area contributed by atoms with Gasteiger partial charge in [0.05, 0.1) is 24.8 Å². The number of fused-ring (bicyclic) bond motifs is 12. The maximum absolute atomic E-state index is 13.7. The van der Waals surface area contributed by atoms with Gasteiger partial charge >= 0.3 is 6.09 Å². The Labute approximate surface area is 255 Å². The van der Waals surface area contributed by atoms with Crippen LogP contribution in [0.1, 0.15) is 58.6 Å². The summed E-state index contributed by atoms with van der Waals surface area (Å²) in [6.07, 6.45) is 0.328. The highest BCUT2D eigenvalue weighted by Gasteiger charge is 2.31. The number of carbonyl (C=O) groups excluding carboxylic acids is 3. The predicted octanol–water partition coefficient (Wildman–Crippen LogP) is 3.11. The van der Waals surface area contributed by atoms with Crippen molar-refractivity contribution in [3.63, 3.8) is 0 Å². The fraction of sp³-hybridized carbons (Fsp3) is 0.545. The molecule has 0 fully saturated rings. The van der Waals surface area contributed by atoms with Gasteiger partial charge in [-0.25, -0.2) is 4.79 Å². The second-order valence-corrected chi connectivity index (χ2v) is 12.2. The van der Waals surface area contributed by atoms with Gasteiger partial charge in [-0.3, -0.25) is 9.59 Å². The van der Waals surface area contributed by atoms with Crippen LogP contribution < -0.4 is 26.0 Å². The van der Waals surface area contributed by atoms with Gasteiger partial charge in [0.2, 0.25) is 11.8 Å². The molecule has 0 aliphatic carbocycles. The number of alkyl carbamates (subject to hydrolysis) is 1. The van der Waals surface area contributed by atoms with Gasteiger partial charge < -0.3 is 35.8 Å². The normalized spacial score (nSPS) is 20.3. The molecule has 0 saturated heterocycles. The maximum Gasteiger partial charge on any atom is 0.407 e. The summed E-state index contributed by atoms with van der Waals surface area (Å²) in [5.41, 5.74) is 1.12. The largest absolute Gasteiger partial charge is 0.494 e. The molecule has 2 aliphatic rings. The molecule has 0 aromatic heterocycles. The molecule has 3 amide bonds. The number of hydrogen-bond acceptors (Lipinski definition) is 7. The summed E-state index contributed by atoms with van der Waals surface area (Å²) in [6, 6.07) is 14.9. The van der Waals surface area contributed by atoms with E-state index in [1.165, 1.54) is 0 Å². The Kier molecular flexibility index (Phi) is 12.8. The van der Waals surface area contributed by atoms with Gasteiger partial charge in [-0.15, -0.1) is 0 Å². The van der Waals surface area contributed by atoms with E-state index in [4.69, 9.17) is 9.47 Å². The molecule has 0 radical (unpaired) electrons. The highest BCUT2D eigenvalue weighted by molar-refractivity contribution is 5.90. The van der Waals surface area contributed by atoms with Crippen LogP contribution in [0.2, 0.25) is 0 Å². The monoisotopic (exact) mass is 596 g/mol. The lowest BCUT2D eigenvalue weighted by Gasteiger charge is -2.29. The van der Waals surface area contributed by atoms with E-state index in [0.717, 1.165) is 11.1 Å². The first-order valence-electron chi connectivity index (χ1n) is 15.2. The third kappa shape index (κ3) is 11.5. The molecule has 4 rings (SSSR count). The minimum absolute atomic E-state index is 0.00672. The number of ether oxygens (including phenoxy) is 2. The second kappa shape index (κ2) is 16.3. The molecule has 0 saturated carbocycles. The highest BCUT2D eigenvalue weighted by atomic mass is 16.6. The van der Waals surface area contributed by atoms with Crippen LogP contribution in [0.15, 0.2) is 54.6 Å². The first-order valence-corrected chi connectivity index (χ1v) is 15.2. The van der Waals surface area contributed by atoms with Crippen LogP contribution >= 0.6 is 0 Å². The predicted molar refractivity (Wildman–Crippen MR) is 166 cm³/mol. The molecule has 1 unspecified atom stereocenters. The molecule has 2 aromatic rings. The lowest BCUT2D eigenvalue weighted by atomic mass is 9.96. The van der Waals surface area contributed by atoms with Crippen molar-refractivity contribution in [3.05, 3.63) is 65.7 Å². The number of carbonyl (C=O) groups is 3. The summed E-state index contributed by atoms with van der Waals surface area (Å²) in [6.45, 7) is 10.1. The molecule has 5 atom stereocenters. The summed E-state index contributed by atoms with van der Waals surface area (Å²) < 4.78 is 11.2. The molecule has 10 heteroatoms. The Hall–Kier alpha value is -3.63. The molecular formula is C33H48N4O6. The van der Waals surface area contributed by atoms with Crippen LogP contribution in [0, 0.1) is 5.92 Å². The molecule has 2 aliphatic heterocycles. The quantitative estimate of drug-likeness (QED) is 0.300. The van der Waals surface area contributed by atoms with Crippen LogP contribution in [0.25, 0.3) is 0 Å². The van der Waals surface area contributed by atoms with Crippen LogP contribution in [-0.2, 0) is 27.2 Å². The second-order valence-electron chi connectivity index (χ2n) is 12.2. The first kappa shape index (κ1) is 33.9. The van der Waals surface area contributed by atoms with Crippen molar-refractivity contribution >= 4 is 17.9 Å². The standard InChI is InChI=1S/C33H48N4O6/c1-6-22(2)29-31(40)34-17-10-18-42-25-15-13-24(14-16-25)20-27(30(39)37-29)35-21-28(38)26(19-23-11-8-7-9-12-23)36-32(41)43-33(3,4)5/h7-9,11-16,22,26-29,35,38H,6,10,17-21H2,1-5H3,(H,34,40)(H,36,41)(H,37,39)/t22-,26-,27-,28?,29-/m0/s1. The molecule has 2 aromatic carbocycles. The number of rotatable bonds is 9.